The van der Waals surface area contributed by atoms with Crippen LogP contribution < -0.4 is 9.47 Å². The van der Waals surface area contributed by atoms with Crippen molar-refractivity contribution in [2.45, 2.75) is 46.0 Å². The molecule has 1 N–H and O–H groups in total. The zero-order chi connectivity index (χ0) is 15.8. The van der Waals surface area contributed by atoms with Gasteiger partial charge in [-0.25, -0.2) is 0 Å². The molecular formula is C18H27ClN2O2. The van der Waals surface area contributed by atoms with E-state index in [1.54, 1.807) is 7.11 Å². The average molecular weight is 339 g/mol. The van der Waals surface area contributed by atoms with Crippen LogP contribution in [0.3, 0.4) is 0 Å². The Balaban J connectivity index is 0.00000264. The first kappa shape index (κ1) is 19.4. The second-order valence-corrected chi connectivity index (χ2v) is 5.58. The molecule has 0 unspecified atom stereocenters. The van der Waals surface area contributed by atoms with E-state index in [0.29, 0.717) is 0 Å². The van der Waals surface area contributed by atoms with Crippen LogP contribution in [-0.4, -0.2) is 23.9 Å². The molecule has 0 radical (unpaired) electrons. The zero-order valence-electron chi connectivity index (χ0n) is 14.2. The fourth-order valence-corrected chi connectivity index (χ4v) is 2.62. The molecule has 1 aromatic carbocycles. The van der Waals surface area contributed by atoms with E-state index in [2.05, 4.69) is 24.0 Å². The molecule has 1 heterocycles. The second-order valence-electron chi connectivity index (χ2n) is 5.58. The molecule has 23 heavy (non-hydrogen) atoms. The van der Waals surface area contributed by atoms with Gasteiger partial charge in [0, 0.05) is 5.69 Å². The molecule has 0 saturated carbocycles. The Morgan fingerprint density at radius 2 is 1.70 bits per heavy atom. The molecule has 5 heteroatoms. The monoisotopic (exact) mass is 338 g/mol. The highest BCUT2D eigenvalue weighted by molar-refractivity contribution is 5.85. The molecule has 0 bridgehead atoms. The number of halogens is 1. The van der Waals surface area contributed by atoms with Crippen LogP contribution in [0, 0.1) is 13.8 Å². The van der Waals surface area contributed by atoms with Gasteiger partial charge in [-0.05, 0) is 50.8 Å². The third-order valence-electron chi connectivity index (χ3n) is 3.93. The van der Waals surface area contributed by atoms with Crippen molar-refractivity contribution in [3.63, 3.8) is 0 Å². The Labute approximate surface area is 145 Å². The van der Waals surface area contributed by atoms with Gasteiger partial charge in [0.05, 0.1) is 19.4 Å². The maximum absolute atomic E-state index is 5.78. The molecule has 0 aliphatic heterocycles. The minimum Gasteiger partial charge on any atom is -0.493 e. The van der Waals surface area contributed by atoms with E-state index in [9.17, 15) is 0 Å². The van der Waals surface area contributed by atoms with Crippen molar-refractivity contribution >= 4 is 12.4 Å². The first-order chi connectivity index (χ1) is 10.7. The number of rotatable bonds is 9. The van der Waals surface area contributed by atoms with E-state index in [1.807, 2.05) is 24.3 Å². The van der Waals surface area contributed by atoms with Gasteiger partial charge in [-0.3, -0.25) is 5.10 Å². The number of methoxy groups -OCH3 is 1. The third-order valence-corrected chi connectivity index (χ3v) is 3.93. The molecule has 2 aromatic rings. The van der Waals surface area contributed by atoms with E-state index < -0.39 is 0 Å². The third kappa shape index (κ3) is 5.79. The summed E-state index contributed by atoms with van der Waals surface area (Å²) in [6, 6.07) is 7.78. The number of hydrogen-bond acceptors (Lipinski definition) is 3. The number of para-hydroxylation sites is 2. The lowest BCUT2D eigenvalue weighted by Gasteiger charge is -2.10. The van der Waals surface area contributed by atoms with Gasteiger partial charge in [-0.15, -0.1) is 12.4 Å². The molecule has 0 aliphatic rings. The summed E-state index contributed by atoms with van der Waals surface area (Å²) in [6.07, 6.45) is 5.79. The standard InChI is InChI=1S/C18H26N2O2.ClH/c1-14-16(15(2)20-19-14)10-6-4-5-9-13-22-18-12-8-7-11-17(18)21-3;/h7-8,11-12H,4-6,9-10,13H2,1-3H3,(H,19,20);1H. The van der Waals surface area contributed by atoms with Gasteiger partial charge in [0.15, 0.2) is 11.5 Å². The smallest absolute Gasteiger partial charge is 0.161 e. The van der Waals surface area contributed by atoms with E-state index in [0.717, 1.165) is 36.6 Å². The van der Waals surface area contributed by atoms with Gasteiger partial charge in [-0.1, -0.05) is 25.0 Å². The minimum atomic E-state index is 0. The molecule has 0 spiro atoms. The predicted molar refractivity (Wildman–Crippen MR) is 96.0 cm³/mol. The highest BCUT2D eigenvalue weighted by Gasteiger charge is 2.05. The molecule has 0 aliphatic carbocycles. The van der Waals surface area contributed by atoms with E-state index in [1.165, 1.54) is 30.5 Å². The molecule has 2 rings (SSSR count). The summed E-state index contributed by atoms with van der Waals surface area (Å²) in [6.45, 7) is 4.90. The second kappa shape index (κ2) is 10.2. The molecule has 1 aromatic heterocycles. The number of nitrogens with one attached hydrogen (secondary N) is 1. The Morgan fingerprint density at radius 3 is 2.35 bits per heavy atom. The van der Waals surface area contributed by atoms with Crippen molar-refractivity contribution in [2.75, 3.05) is 13.7 Å². The van der Waals surface area contributed by atoms with Crippen molar-refractivity contribution in [1.29, 1.82) is 0 Å². The number of aromatic amines is 1. The van der Waals surface area contributed by atoms with E-state index >= 15 is 0 Å². The summed E-state index contributed by atoms with van der Waals surface area (Å²) >= 11 is 0. The van der Waals surface area contributed by atoms with Crippen molar-refractivity contribution in [1.82, 2.24) is 10.2 Å². The summed E-state index contributed by atoms with van der Waals surface area (Å²) < 4.78 is 11.0. The number of nitrogens with zero attached hydrogens (tertiary/aromatic N) is 1. The number of unbranched alkanes of at least 4 members (excludes halogenated alkanes) is 3. The van der Waals surface area contributed by atoms with Gasteiger partial charge in [0.25, 0.3) is 0 Å². The maximum Gasteiger partial charge on any atom is 0.161 e. The summed E-state index contributed by atoms with van der Waals surface area (Å²) in [5, 5.41) is 7.28. The minimum absolute atomic E-state index is 0. The van der Waals surface area contributed by atoms with Gasteiger partial charge >= 0.3 is 0 Å². The number of benzene rings is 1. The number of aromatic nitrogens is 2. The topological polar surface area (TPSA) is 47.1 Å². The number of aryl methyl sites for hydroxylation is 2. The lowest BCUT2D eigenvalue weighted by molar-refractivity contribution is 0.285. The van der Waals surface area contributed by atoms with Gasteiger partial charge in [-0.2, -0.15) is 5.10 Å². The largest absolute Gasteiger partial charge is 0.493 e. The highest BCUT2D eigenvalue weighted by Crippen LogP contribution is 2.25. The van der Waals surface area contributed by atoms with Crippen LogP contribution in [0.1, 0.15) is 42.6 Å². The zero-order valence-corrected chi connectivity index (χ0v) is 15.0. The van der Waals surface area contributed by atoms with E-state index in [4.69, 9.17) is 9.47 Å². The quantitative estimate of drug-likeness (QED) is 0.677. The van der Waals surface area contributed by atoms with Crippen LogP contribution in [-0.2, 0) is 6.42 Å². The number of hydrogen-bond donors (Lipinski definition) is 1. The predicted octanol–water partition coefficient (Wildman–Crippen LogP) is 4.64. The van der Waals surface area contributed by atoms with Crippen molar-refractivity contribution in [3.8, 4) is 11.5 Å². The van der Waals surface area contributed by atoms with Crippen LogP contribution in [0.25, 0.3) is 0 Å². The average Bonchev–Trinajstić information content (AvgIpc) is 2.86. The Hall–Kier alpha value is -1.68. The van der Waals surface area contributed by atoms with Gasteiger partial charge < -0.3 is 9.47 Å². The lowest BCUT2D eigenvalue weighted by atomic mass is 10.0. The first-order valence-corrected chi connectivity index (χ1v) is 7.98. The summed E-state index contributed by atoms with van der Waals surface area (Å²) in [7, 11) is 1.67. The highest BCUT2D eigenvalue weighted by atomic mass is 35.5. The SMILES string of the molecule is COc1ccccc1OCCCCCCc1c(C)n[nH]c1C.Cl. The molecule has 0 atom stereocenters. The van der Waals surface area contributed by atoms with Gasteiger partial charge in [0.1, 0.15) is 0 Å². The van der Waals surface area contributed by atoms with Crippen molar-refractivity contribution < 1.29 is 9.47 Å². The normalized spacial score (nSPS) is 10.2. The molecular weight excluding hydrogens is 312 g/mol. The number of ether oxygens (including phenoxy) is 2. The van der Waals surface area contributed by atoms with Crippen LogP contribution in [0.15, 0.2) is 24.3 Å². The van der Waals surface area contributed by atoms with Crippen molar-refractivity contribution in [2.24, 2.45) is 0 Å². The van der Waals surface area contributed by atoms with Gasteiger partial charge in [0.2, 0.25) is 0 Å². The molecule has 0 saturated heterocycles. The summed E-state index contributed by atoms with van der Waals surface area (Å²) in [4.78, 5) is 0. The summed E-state index contributed by atoms with van der Waals surface area (Å²) in [5.74, 6) is 1.63. The fourth-order valence-electron chi connectivity index (χ4n) is 2.62. The van der Waals surface area contributed by atoms with Crippen LogP contribution >= 0.6 is 12.4 Å². The molecule has 0 fully saturated rings. The van der Waals surface area contributed by atoms with Crippen LogP contribution in [0.4, 0.5) is 0 Å². The fraction of sp³-hybridized carbons (Fsp3) is 0.500. The molecule has 0 amide bonds. The van der Waals surface area contributed by atoms with Crippen LogP contribution in [0.2, 0.25) is 0 Å². The first-order valence-electron chi connectivity index (χ1n) is 7.98. The Bertz CT molecular complexity index is 565. The van der Waals surface area contributed by atoms with E-state index in [-0.39, 0.29) is 12.4 Å². The maximum atomic E-state index is 5.78. The van der Waals surface area contributed by atoms with Crippen LogP contribution in [0.5, 0.6) is 11.5 Å². The molecule has 4 nitrogen and oxygen atoms in total. The van der Waals surface area contributed by atoms with Crippen molar-refractivity contribution in [3.05, 3.63) is 41.2 Å². The summed E-state index contributed by atoms with van der Waals surface area (Å²) in [5.41, 5.74) is 3.72. The lowest BCUT2D eigenvalue weighted by Crippen LogP contribution is -1.99. The Morgan fingerprint density at radius 1 is 1.00 bits per heavy atom. The molecule has 128 valence electrons. The Kier molecular flexibility index (Phi) is 8.56. The number of H-pyrrole nitrogens is 1.